The number of carbonyl (C=O) groups excluding carboxylic acids is 1. The summed E-state index contributed by atoms with van der Waals surface area (Å²) in [4.78, 5) is 12.3. The van der Waals surface area contributed by atoms with Crippen LogP contribution in [0, 0.1) is 6.07 Å². The topological polar surface area (TPSA) is 46.9 Å². The van der Waals surface area contributed by atoms with Gasteiger partial charge in [-0.3, -0.25) is 9.48 Å². The van der Waals surface area contributed by atoms with E-state index in [-0.39, 0.29) is 16.8 Å². The highest BCUT2D eigenvalue weighted by Gasteiger charge is 2.34. The van der Waals surface area contributed by atoms with Crippen LogP contribution in [0.3, 0.4) is 0 Å². The molecule has 127 valence electrons. The molecule has 3 rings (SSSR count). The van der Waals surface area contributed by atoms with Crippen molar-refractivity contribution in [3.8, 4) is 11.3 Å². The monoisotopic (exact) mass is 344 g/mol. The molecule has 0 saturated carbocycles. The zero-order valence-corrected chi connectivity index (χ0v) is 13.1. The number of amides is 1. The summed E-state index contributed by atoms with van der Waals surface area (Å²) < 4.78 is 41.2. The van der Waals surface area contributed by atoms with Crippen LogP contribution in [-0.2, 0) is 13.2 Å². The van der Waals surface area contributed by atoms with Gasteiger partial charge in [0.15, 0.2) is 0 Å². The average Bonchev–Trinajstić information content (AvgIpc) is 3.01. The number of alkyl halides is 3. The number of rotatable bonds is 3. The van der Waals surface area contributed by atoms with E-state index in [1.165, 1.54) is 16.8 Å². The molecule has 25 heavy (non-hydrogen) atoms. The Morgan fingerprint density at radius 3 is 2.60 bits per heavy atom. The first-order chi connectivity index (χ1) is 11.8. The number of nitrogens with zero attached hydrogens (tertiary/aromatic N) is 2. The third kappa shape index (κ3) is 3.71. The normalized spacial score (nSPS) is 11.4. The van der Waals surface area contributed by atoms with Gasteiger partial charge in [-0.25, -0.2) is 0 Å². The number of para-hydroxylation sites is 1. The fourth-order valence-electron chi connectivity index (χ4n) is 2.37. The van der Waals surface area contributed by atoms with Crippen molar-refractivity contribution in [1.29, 1.82) is 0 Å². The van der Waals surface area contributed by atoms with Crippen LogP contribution in [0.1, 0.15) is 15.9 Å². The number of benzene rings is 2. The SMILES string of the molecule is Cn1ccc(-c2cc(C(=O)Nc3[c]cccc3)ccc2C(F)(F)F)n1. The lowest BCUT2D eigenvalue weighted by Gasteiger charge is -2.13. The maximum absolute atomic E-state index is 13.3. The van der Waals surface area contributed by atoms with Gasteiger partial charge in [0, 0.05) is 36.1 Å². The standard InChI is InChI=1S/C18H13F3N3O/c1-24-10-9-16(23-24)14-11-12(7-8-15(14)18(19,20)21)17(25)22-13-5-3-2-4-6-13/h2-5,7-11H,1H3,(H,22,25). The quantitative estimate of drug-likeness (QED) is 0.776. The van der Waals surface area contributed by atoms with Crippen molar-refractivity contribution in [1.82, 2.24) is 9.78 Å². The molecule has 0 aliphatic rings. The summed E-state index contributed by atoms with van der Waals surface area (Å²) in [6.07, 6.45) is -3.00. The van der Waals surface area contributed by atoms with Crippen LogP contribution >= 0.6 is 0 Å². The van der Waals surface area contributed by atoms with Crippen LogP contribution in [0.15, 0.2) is 54.7 Å². The summed E-state index contributed by atoms with van der Waals surface area (Å²) in [7, 11) is 1.61. The third-order valence-electron chi connectivity index (χ3n) is 3.53. The minimum Gasteiger partial charge on any atom is -0.321 e. The van der Waals surface area contributed by atoms with Crippen molar-refractivity contribution < 1.29 is 18.0 Å². The highest BCUT2D eigenvalue weighted by atomic mass is 19.4. The van der Waals surface area contributed by atoms with Gasteiger partial charge in [0.1, 0.15) is 0 Å². The van der Waals surface area contributed by atoms with Gasteiger partial charge >= 0.3 is 6.18 Å². The minimum absolute atomic E-state index is 0.103. The third-order valence-corrected chi connectivity index (χ3v) is 3.53. The molecule has 3 aromatic rings. The lowest BCUT2D eigenvalue weighted by molar-refractivity contribution is -0.137. The number of aromatic nitrogens is 2. The van der Waals surface area contributed by atoms with E-state index in [1.54, 1.807) is 37.5 Å². The number of aryl methyl sites for hydroxylation is 1. The van der Waals surface area contributed by atoms with Gasteiger partial charge in [-0.1, -0.05) is 18.2 Å². The van der Waals surface area contributed by atoms with Crippen LogP contribution in [-0.4, -0.2) is 15.7 Å². The van der Waals surface area contributed by atoms with Gasteiger partial charge in [0.2, 0.25) is 0 Å². The van der Waals surface area contributed by atoms with E-state index in [4.69, 9.17) is 0 Å². The van der Waals surface area contributed by atoms with Crippen molar-refractivity contribution in [2.24, 2.45) is 7.05 Å². The van der Waals surface area contributed by atoms with Crippen LogP contribution < -0.4 is 5.32 Å². The van der Waals surface area contributed by atoms with E-state index < -0.39 is 17.6 Å². The summed E-state index contributed by atoms with van der Waals surface area (Å²) in [6.45, 7) is 0. The van der Waals surface area contributed by atoms with Gasteiger partial charge in [0.05, 0.1) is 11.3 Å². The zero-order valence-electron chi connectivity index (χ0n) is 13.1. The van der Waals surface area contributed by atoms with Crippen molar-refractivity contribution >= 4 is 11.6 Å². The van der Waals surface area contributed by atoms with Gasteiger partial charge < -0.3 is 5.32 Å². The van der Waals surface area contributed by atoms with E-state index >= 15 is 0 Å². The Labute approximate surface area is 141 Å². The summed E-state index contributed by atoms with van der Waals surface area (Å²) in [5.41, 5.74) is -0.291. The molecule has 2 aromatic carbocycles. The number of nitrogens with one attached hydrogen (secondary N) is 1. The van der Waals surface area contributed by atoms with Crippen molar-refractivity contribution in [2.45, 2.75) is 6.18 Å². The molecule has 0 saturated heterocycles. The lowest BCUT2D eigenvalue weighted by Crippen LogP contribution is -2.14. The number of halogens is 3. The van der Waals surface area contributed by atoms with Crippen LogP contribution in [0.2, 0.25) is 0 Å². The fraction of sp³-hybridized carbons (Fsp3) is 0.111. The van der Waals surface area contributed by atoms with E-state index in [1.807, 2.05) is 0 Å². The van der Waals surface area contributed by atoms with E-state index in [9.17, 15) is 18.0 Å². The maximum atomic E-state index is 13.3. The second-order valence-corrected chi connectivity index (χ2v) is 5.36. The Kier molecular flexibility index (Phi) is 4.31. The van der Waals surface area contributed by atoms with Crippen LogP contribution in [0.5, 0.6) is 0 Å². The second-order valence-electron chi connectivity index (χ2n) is 5.36. The van der Waals surface area contributed by atoms with Gasteiger partial charge in [-0.2, -0.15) is 18.3 Å². The molecule has 1 radical (unpaired) electrons. The largest absolute Gasteiger partial charge is 0.417 e. The average molecular weight is 344 g/mol. The van der Waals surface area contributed by atoms with Gasteiger partial charge in [-0.15, -0.1) is 0 Å². The van der Waals surface area contributed by atoms with E-state index in [0.29, 0.717) is 5.69 Å². The first-order valence-electron chi connectivity index (χ1n) is 7.34. The van der Waals surface area contributed by atoms with Crippen molar-refractivity contribution in [3.63, 3.8) is 0 Å². The summed E-state index contributed by atoms with van der Waals surface area (Å²) in [6, 6.07) is 14.3. The molecule has 0 fully saturated rings. The molecule has 0 aliphatic heterocycles. The molecule has 1 amide bonds. The predicted octanol–water partition coefficient (Wildman–Crippen LogP) is 4.16. The van der Waals surface area contributed by atoms with E-state index in [2.05, 4.69) is 16.5 Å². The molecule has 0 spiro atoms. The highest BCUT2D eigenvalue weighted by Crippen LogP contribution is 2.37. The predicted molar refractivity (Wildman–Crippen MR) is 86.9 cm³/mol. The molecule has 4 nitrogen and oxygen atoms in total. The fourth-order valence-corrected chi connectivity index (χ4v) is 2.37. The molecule has 0 unspecified atom stereocenters. The molecule has 1 N–H and O–H groups in total. The Bertz CT molecular complexity index is 901. The molecule has 1 heterocycles. The van der Waals surface area contributed by atoms with Gasteiger partial charge in [0.25, 0.3) is 5.91 Å². The molecule has 1 aromatic heterocycles. The number of anilines is 1. The summed E-state index contributed by atoms with van der Waals surface area (Å²) >= 11 is 0. The van der Waals surface area contributed by atoms with Crippen LogP contribution in [0.25, 0.3) is 11.3 Å². The van der Waals surface area contributed by atoms with Crippen molar-refractivity contribution in [2.75, 3.05) is 5.32 Å². The summed E-state index contributed by atoms with van der Waals surface area (Å²) in [5, 5.41) is 6.62. The lowest BCUT2D eigenvalue weighted by atomic mass is 10.0. The second kappa shape index (κ2) is 6.43. The van der Waals surface area contributed by atoms with Crippen molar-refractivity contribution in [3.05, 3.63) is 71.9 Å². The molecule has 7 heteroatoms. The molecule has 0 aliphatic carbocycles. The molecule has 0 atom stereocenters. The number of carbonyl (C=O) groups is 1. The highest BCUT2D eigenvalue weighted by molar-refractivity contribution is 6.05. The first kappa shape index (κ1) is 16.8. The molecular weight excluding hydrogens is 331 g/mol. The molecular formula is C18H13F3N3O. The van der Waals surface area contributed by atoms with E-state index in [0.717, 1.165) is 12.1 Å². The smallest absolute Gasteiger partial charge is 0.321 e. The number of hydrogen-bond donors (Lipinski definition) is 1. The minimum atomic E-state index is -4.55. The van der Waals surface area contributed by atoms with Gasteiger partial charge in [-0.05, 0) is 30.3 Å². The van der Waals surface area contributed by atoms with Crippen LogP contribution in [0.4, 0.5) is 18.9 Å². The first-order valence-corrected chi connectivity index (χ1v) is 7.34. The molecule has 0 bridgehead atoms. The Morgan fingerprint density at radius 2 is 2.00 bits per heavy atom. The zero-order chi connectivity index (χ0) is 18.0. The number of hydrogen-bond acceptors (Lipinski definition) is 2. The Hall–Kier alpha value is -3.09. The maximum Gasteiger partial charge on any atom is 0.417 e. The Morgan fingerprint density at radius 1 is 1.20 bits per heavy atom. The summed E-state index contributed by atoms with van der Waals surface area (Å²) in [5.74, 6) is -0.520. The Balaban J connectivity index is 2.00.